The van der Waals surface area contributed by atoms with Gasteiger partial charge in [0.25, 0.3) is 0 Å². The van der Waals surface area contributed by atoms with E-state index in [1.807, 2.05) is 13.0 Å². The molecule has 0 heterocycles. The lowest BCUT2D eigenvalue weighted by Crippen LogP contribution is -2.38. The van der Waals surface area contributed by atoms with Gasteiger partial charge in [-0.05, 0) is 31.0 Å². The molecular weight excluding hydrogens is 412 g/mol. The first-order chi connectivity index (χ1) is 10.8. The molecule has 0 aromatic heterocycles. The Morgan fingerprint density at radius 2 is 2.04 bits per heavy atom. The molecule has 132 valence electrons. The van der Waals surface area contributed by atoms with Crippen molar-refractivity contribution in [3.05, 3.63) is 35.6 Å². The van der Waals surface area contributed by atoms with Crippen LogP contribution in [-0.4, -0.2) is 46.0 Å². The average Bonchev–Trinajstić information content (AvgIpc) is 2.51. The van der Waals surface area contributed by atoms with E-state index in [9.17, 15) is 4.39 Å². The molecule has 0 fully saturated rings. The summed E-state index contributed by atoms with van der Waals surface area (Å²) in [6.45, 7) is 5.90. The molecule has 1 aromatic carbocycles. The van der Waals surface area contributed by atoms with Gasteiger partial charge < -0.3 is 20.1 Å². The van der Waals surface area contributed by atoms with E-state index in [2.05, 4.69) is 15.6 Å². The first-order valence-corrected chi connectivity index (χ1v) is 7.59. The molecule has 0 bridgehead atoms. The molecule has 0 aliphatic rings. The maximum atomic E-state index is 13.1. The number of guanidine groups is 1. The number of rotatable bonds is 10. The summed E-state index contributed by atoms with van der Waals surface area (Å²) in [5.74, 6) is 0.488. The largest absolute Gasteiger partial charge is 0.382 e. The van der Waals surface area contributed by atoms with Crippen molar-refractivity contribution in [2.45, 2.75) is 19.9 Å². The Morgan fingerprint density at radius 3 is 2.74 bits per heavy atom. The van der Waals surface area contributed by atoms with Crippen molar-refractivity contribution in [1.82, 2.24) is 10.6 Å². The molecule has 0 aliphatic heterocycles. The lowest BCUT2D eigenvalue weighted by atomic mass is 10.2. The predicted molar refractivity (Wildman–Crippen MR) is 102 cm³/mol. The molecule has 0 saturated carbocycles. The lowest BCUT2D eigenvalue weighted by molar-refractivity contribution is 0.0698. The minimum Gasteiger partial charge on any atom is -0.382 e. The highest BCUT2D eigenvalue weighted by Crippen LogP contribution is 2.04. The fourth-order valence-electron chi connectivity index (χ4n) is 1.77. The monoisotopic (exact) mass is 439 g/mol. The Morgan fingerprint density at radius 1 is 1.22 bits per heavy atom. The molecule has 7 heteroatoms. The van der Waals surface area contributed by atoms with Crippen molar-refractivity contribution < 1.29 is 13.9 Å². The van der Waals surface area contributed by atoms with Crippen LogP contribution in [-0.2, 0) is 16.0 Å². The van der Waals surface area contributed by atoms with E-state index in [-0.39, 0.29) is 29.8 Å². The molecule has 0 aliphatic carbocycles. The molecular formula is C16H27FIN3O2. The summed E-state index contributed by atoms with van der Waals surface area (Å²) in [5.41, 5.74) is 0.847. The van der Waals surface area contributed by atoms with Crippen LogP contribution in [0.1, 0.15) is 18.9 Å². The smallest absolute Gasteiger partial charge is 0.191 e. The molecule has 0 radical (unpaired) electrons. The number of nitrogens with one attached hydrogen (secondary N) is 2. The summed E-state index contributed by atoms with van der Waals surface area (Å²) in [5, 5.41) is 6.39. The highest BCUT2D eigenvalue weighted by molar-refractivity contribution is 14.0. The van der Waals surface area contributed by atoms with Gasteiger partial charge in [-0.25, -0.2) is 9.38 Å². The zero-order chi connectivity index (χ0) is 16.0. The van der Waals surface area contributed by atoms with Crippen molar-refractivity contribution >= 4 is 29.9 Å². The highest BCUT2D eigenvalue weighted by atomic mass is 127. The number of nitrogens with zero attached hydrogens (tertiary/aromatic N) is 1. The van der Waals surface area contributed by atoms with Gasteiger partial charge in [0.2, 0.25) is 0 Å². The number of hydrogen-bond donors (Lipinski definition) is 2. The molecule has 1 aromatic rings. The molecule has 0 amide bonds. The Kier molecular flexibility index (Phi) is 14.1. The number of ether oxygens (including phenoxy) is 2. The van der Waals surface area contributed by atoms with Gasteiger partial charge in [-0.15, -0.1) is 24.0 Å². The summed E-state index contributed by atoms with van der Waals surface area (Å²) in [6.07, 6.45) is 0.883. The first kappa shape index (κ1) is 22.1. The van der Waals surface area contributed by atoms with E-state index in [0.717, 1.165) is 31.0 Å². The van der Waals surface area contributed by atoms with E-state index in [1.165, 1.54) is 12.1 Å². The second-order valence-corrected chi connectivity index (χ2v) is 4.71. The van der Waals surface area contributed by atoms with E-state index in [0.29, 0.717) is 26.4 Å². The van der Waals surface area contributed by atoms with Gasteiger partial charge in [0.15, 0.2) is 5.96 Å². The van der Waals surface area contributed by atoms with Crippen LogP contribution in [0.15, 0.2) is 29.3 Å². The van der Waals surface area contributed by atoms with E-state index in [1.54, 1.807) is 13.2 Å². The zero-order valence-electron chi connectivity index (χ0n) is 13.8. The minimum absolute atomic E-state index is 0. The summed E-state index contributed by atoms with van der Waals surface area (Å²) in [6, 6.07) is 6.48. The molecule has 23 heavy (non-hydrogen) atoms. The maximum absolute atomic E-state index is 13.1. The molecule has 1 rings (SSSR count). The van der Waals surface area contributed by atoms with Gasteiger partial charge in [-0.3, -0.25) is 0 Å². The third-order valence-corrected chi connectivity index (χ3v) is 2.84. The van der Waals surface area contributed by atoms with Crippen molar-refractivity contribution in [3.8, 4) is 0 Å². The molecule has 2 N–H and O–H groups in total. The standard InChI is InChI=1S/C16H26FN3O2.HI/c1-3-18-16(19-8-5-9-22-11-10-21-2)20-13-14-6-4-7-15(17)12-14;/h4,6-7,12H,3,5,8-11,13H2,1-2H3,(H2,18,19,20);1H. The number of halogens is 2. The Hall–Kier alpha value is -0.930. The summed E-state index contributed by atoms with van der Waals surface area (Å²) in [4.78, 5) is 4.44. The Labute approximate surface area is 155 Å². The van der Waals surface area contributed by atoms with Crippen LogP contribution in [0.2, 0.25) is 0 Å². The molecule has 0 spiro atoms. The normalized spacial score (nSPS) is 11.0. The number of methoxy groups -OCH3 is 1. The van der Waals surface area contributed by atoms with E-state index in [4.69, 9.17) is 9.47 Å². The summed E-state index contributed by atoms with van der Waals surface area (Å²) in [7, 11) is 1.66. The Balaban J connectivity index is 0.00000484. The second-order valence-electron chi connectivity index (χ2n) is 4.71. The van der Waals surface area contributed by atoms with Gasteiger partial charge in [0, 0.05) is 26.8 Å². The van der Waals surface area contributed by atoms with E-state index < -0.39 is 0 Å². The number of hydrogen-bond acceptors (Lipinski definition) is 3. The average molecular weight is 439 g/mol. The fourth-order valence-corrected chi connectivity index (χ4v) is 1.77. The molecule has 0 unspecified atom stereocenters. The fraction of sp³-hybridized carbons (Fsp3) is 0.562. The van der Waals surface area contributed by atoms with Gasteiger partial charge >= 0.3 is 0 Å². The van der Waals surface area contributed by atoms with Gasteiger partial charge in [0.1, 0.15) is 5.82 Å². The lowest BCUT2D eigenvalue weighted by Gasteiger charge is -2.11. The van der Waals surface area contributed by atoms with Crippen LogP contribution in [0.4, 0.5) is 4.39 Å². The summed E-state index contributed by atoms with van der Waals surface area (Å²) >= 11 is 0. The van der Waals surface area contributed by atoms with Crippen LogP contribution in [0.3, 0.4) is 0 Å². The molecule has 5 nitrogen and oxygen atoms in total. The third kappa shape index (κ3) is 11.3. The van der Waals surface area contributed by atoms with Gasteiger partial charge in [-0.1, -0.05) is 12.1 Å². The SMILES string of the molecule is CCNC(=NCc1cccc(F)c1)NCCCOCCOC.I. The van der Waals surface area contributed by atoms with Crippen molar-refractivity contribution in [2.24, 2.45) is 4.99 Å². The van der Waals surface area contributed by atoms with Crippen molar-refractivity contribution in [3.63, 3.8) is 0 Å². The predicted octanol–water partition coefficient (Wildman–Crippen LogP) is 2.55. The van der Waals surface area contributed by atoms with E-state index >= 15 is 0 Å². The highest BCUT2D eigenvalue weighted by Gasteiger charge is 1.98. The topological polar surface area (TPSA) is 54.9 Å². The third-order valence-electron chi connectivity index (χ3n) is 2.84. The van der Waals surface area contributed by atoms with Crippen LogP contribution < -0.4 is 10.6 Å². The number of aliphatic imine (C=N–C) groups is 1. The van der Waals surface area contributed by atoms with Crippen LogP contribution in [0.5, 0.6) is 0 Å². The van der Waals surface area contributed by atoms with Gasteiger partial charge in [-0.2, -0.15) is 0 Å². The minimum atomic E-state index is -0.237. The quantitative estimate of drug-likeness (QED) is 0.255. The van der Waals surface area contributed by atoms with Crippen molar-refractivity contribution in [2.75, 3.05) is 40.0 Å². The molecule has 0 atom stereocenters. The van der Waals surface area contributed by atoms with Crippen LogP contribution in [0, 0.1) is 5.82 Å². The maximum Gasteiger partial charge on any atom is 0.191 e. The summed E-state index contributed by atoms with van der Waals surface area (Å²) < 4.78 is 23.4. The second kappa shape index (κ2) is 14.6. The van der Waals surface area contributed by atoms with Crippen molar-refractivity contribution in [1.29, 1.82) is 0 Å². The molecule has 0 saturated heterocycles. The first-order valence-electron chi connectivity index (χ1n) is 7.59. The van der Waals surface area contributed by atoms with Crippen LogP contribution >= 0.6 is 24.0 Å². The zero-order valence-corrected chi connectivity index (χ0v) is 16.1. The Bertz CT molecular complexity index is 447. The van der Waals surface area contributed by atoms with Crippen LogP contribution in [0.25, 0.3) is 0 Å². The number of benzene rings is 1. The van der Waals surface area contributed by atoms with Gasteiger partial charge in [0.05, 0.1) is 19.8 Å².